The molecule has 1 aromatic carbocycles. The molecule has 0 radical (unpaired) electrons. The van der Waals surface area contributed by atoms with Gasteiger partial charge in [-0.15, -0.1) is 0 Å². The fourth-order valence-electron chi connectivity index (χ4n) is 1.46. The molecule has 0 heterocycles. The Morgan fingerprint density at radius 1 is 1.32 bits per heavy atom. The van der Waals surface area contributed by atoms with Crippen molar-refractivity contribution >= 4 is 11.7 Å². The number of nitriles is 1. The van der Waals surface area contributed by atoms with Crippen LogP contribution in [0.2, 0.25) is 0 Å². The predicted octanol–water partition coefficient (Wildman–Crippen LogP) is 1.91. The SMILES string of the molecule is CN(CC#N)C(=O)CCC(=O)c1ccc(F)cc1F. The van der Waals surface area contributed by atoms with E-state index in [-0.39, 0.29) is 30.9 Å². The van der Waals surface area contributed by atoms with Crippen molar-refractivity contribution in [1.82, 2.24) is 4.90 Å². The van der Waals surface area contributed by atoms with Crippen LogP contribution >= 0.6 is 0 Å². The molecule has 0 saturated carbocycles. The molecule has 1 rings (SSSR count). The number of halogens is 2. The molecule has 0 aliphatic rings. The van der Waals surface area contributed by atoms with Gasteiger partial charge in [0.1, 0.15) is 18.2 Å². The van der Waals surface area contributed by atoms with Crippen LogP contribution in [0.1, 0.15) is 23.2 Å². The van der Waals surface area contributed by atoms with Gasteiger partial charge in [-0.1, -0.05) is 0 Å². The third-order valence-corrected chi connectivity index (χ3v) is 2.53. The van der Waals surface area contributed by atoms with Gasteiger partial charge in [0.2, 0.25) is 5.91 Å². The van der Waals surface area contributed by atoms with Gasteiger partial charge in [-0.05, 0) is 12.1 Å². The summed E-state index contributed by atoms with van der Waals surface area (Å²) >= 11 is 0. The Morgan fingerprint density at radius 2 is 2.00 bits per heavy atom. The highest BCUT2D eigenvalue weighted by molar-refractivity contribution is 5.98. The lowest BCUT2D eigenvalue weighted by molar-refractivity contribution is -0.129. The smallest absolute Gasteiger partial charge is 0.223 e. The monoisotopic (exact) mass is 266 g/mol. The number of carbonyl (C=O) groups is 2. The van der Waals surface area contributed by atoms with Crippen molar-refractivity contribution in [2.75, 3.05) is 13.6 Å². The van der Waals surface area contributed by atoms with E-state index in [0.29, 0.717) is 6.07 Å². The minimum Gasteiger partial charge on any atom is -0.332 e. The van der Waals surface area contributed by atoms with Gasteiger partial charge in [0.05, 0.1) is 11.6 Å². The van der Waals surface area contributed by atoms with Crippen molar-refractivity contribution < 1.29 is 18.4 Å². The van der Waals surface area contributed by atoms with Gasteiger partial charge in [0.25, 0.3) is 0 Å². The second-order valence-corrected chi connectivity index (χ2v) is 3.96. The van der Waals surface area contributed by atoms with Gasteiger partial charge in [-0.3, -0.25) is 9.59 Å². The highest BCUT2D eigenvalue weighted by Gasteiger charge is 2.15. The quantitative estimate of drug-likeness (QED) is 0.604. The molecular weight excluding hydrogens is 254 g/mol. The second-order valence-electron chi connectivity index (χ2n) is 3.96. The van der Waals surface area contributed by atoms with Crippen molar-refractivity contribution in [3.63, 3.8) is 0 Å². The molecule has 0 N–H and O–H groups in total. The van der Waals surface area contributed by atoms with Crippen LogP contribution < -0.4 is 0 Å². The van der Waals surface area contributed by atoms with E-state index in [1.807, 2.05) is 0 Å². The molecule has 100 valence electrons. The van der Waals surface area contributed by atoms with Crippen LogP contribution in [0.3, 0.4) is 0 Å². The van der Waals surface area contributed by atoms with Crippen molar-refractivity contribution in [1.29, 1.82) is 5.26 Å². The maximum Gasteiger partial charge on any atom is 0.223 e. The first-order valence-corrected chi connectivity index (χ1v) is 5.55. The predicted molar refractivity (Wildman–Crippen MR) is 63.2 cm³/mol. The molecule has 0 unspecified atom stereocenters. The van der Waals surface area contributed by atoms with Crippen LogP contribution in [0.5, 0.6) is 0 Å². The van der Waals surface area contributed by atoms with Crippen LogP contribution in [-0.2, 0) is 4.79 Å². The minimum atomic E-state index is -0.942. The molecular formula is C13H12F2N2O2. The number of ketones is 1. The first-order valence-electron chi connectivity index (χ1n) is 5.55. The van der Waals surface area contributed by atoms with Crippen LogP contribution in [0, 0.1) is 23.0 Å². The molecule has 1 aromatic rings. The maximum atomic E-state index is 13.3. The zero-order chi connectivity index (χ0) is 14.4. The van der Waals surface area contributed by atoms with Crippen LogP contribution in [0.4, 0.5) is 8.78 Å². The second kappa shape index (κ2) is 6.59. The summed E-state index contributed by atoms with van der Waals surface area (Å²) in [5, 5.41) is 8.41. The summed E-state index contributed by atoms with van der Waals surface area (Å²) < 4.78 is 26.0. The summed E-state index contributed by atoms with van der Waals surface area (Å²) in [5.41, 5.74) is -0.239. The van der Waals surface area contributed by atoms with E-state index < -0.39 is 17.4 Å². The Bertz CT molecular complexity index is 538. The molecule has 0 aromatic heterocycles. The Labute approximate surface area is 109 Å². The molecule has 6 heteroatoms. The van der Waals surface area contributed by atoms with Gasteiger partial charge in [-0.2, -0.15) is 5.26 Å². The third-order valence-electron chi connectivity index (χ3n) is 2.53. The Morgan fingerprint density at radius 3 is 2.58 bits per heavy atom. The van der Waals surface area contributed by atoms with E-state index in [9.17, 15) is 18.4 Å². The molecule has 0 bridgehead atoms. The zero-order valence-corrected chi connectivity index (χ0v) is 10.3. The lowest BCUT2D eigenvalue weighted by Crippen LogP contribution is -2.27. The van der Waals surface area contributed by atoms with Crippen LogP contribution in [-0.4, -0.2) is 30.2 Å². The number of nitrogens with zero attached hydrogens (tertiary/aromatic N) is 2. The first kappa shape index (κ1) is 14.8. The molecule has 0 atom stereocenters. The number of rotatable bonds is 5. The van der Waals surface area contributed by atoms with Crippen molar-refractivity contribution in [3.05, 3.63) is 35.4 Å². The molecule has 0 aliphatic heterocycles. The highest BCUT2D eigenvalue weighted by Crippen LogP contribution is 2.13. The molecule has 0 spiro atoms. The van der Waals surface area contributed by atoms with E-state index in [2.05, 4.69) is 0 Å². The molecule has 0 saturated heterocycles. The first-order chi connectivity index (χ1) is 8.95. The van der Waals surface area contributed by atoms with Crippen molar-refractivity contribution in [2.24, 2.45) is 0 Å². The standard InChI is InChI=1S/C13H12F2N2O2/c1-17(7-6-16)13(19)5-4-12(18)10-3-2-9(14)8-11(10)15/h2-3,8H,4-5,7H2,1H3. The van der Waals surface area contributed by atoms with Gasteiger partial charge >= 0.3 is 0 Å². The number of Topliss-reactive ketones (excluding diaryl/α,β-unsaturated/α-hetero) is 1. The lowest BCUT2D eigenvalue weighted by Gasteiger charge is -2.12. The highest BCUT2D eigenvalue weighted by atomic mass is 19.1. The van der Waals surface area contributed by atoms with Crippen molar-refractivity contribution in [3.8, 4) is 6.07 Å². The van der Waals surface area contributed by atoms with E-state index in [1.165, 1.54) is 11.9 Å². The fourth-order valence-corrected chi connectivity index (χ4v) is 1.46. The van der Waals surface area contributed by atoms with Crippen molar-refractivity contribution in [2.45, 2.75) is 12.8 Å². The van der Waals surface area contributed by atoms with E-state index in [4.69, 9.17) is 5.26 Å². The Hall–Kier alpha value is -2.29. The Balaban J connectivity index is 2.61. The fraction of sp³-hybridized carbons (Fsp3) is 0.308. The topological polar surface area (TPSA) is 61.2 Å². The summed E-state index contributed by atoms with van der Waals surface area (Å²) in [7, 11) is 1.44. The molecule has 0 fully saturated rings. The van der Waals surface area contributed by atoms with E-state index in [1.54, 1.807) is 6.07 Å². The molecule has 1 amide bonds. The van der Waals surface area contributed by atoms with Gasteiger partial charge in [-0.25, -0.2) is 8.78 Å². The number of hydrogen-bond donors (Lipinski definition) is 0. The average Bonchev–Trinajstić information content (AvgIpc) is 2.35. The average molecular weight is 266 g/mol. The summed E-state index contributed by atoms with van der Waals surface area (Å²) in [6, 6.07) is 4.46. The maximum absolute atomic E-state index is 13.3. The Kier molecular flexibility index (Phi) is 5.12. The van der Waals surface area contributed by atoms with E-state index >= 15 is 0 Å². The largest absolute Gasteiger partial charge is 0.332 e. The lowest BCUT2D eigenvalue weighted by atomic mass is 10.1. The van der Waals surface area contributed by atoms with Crippen LogP contribution in [0.25, 0.3) is 0 Å². The van der Waals surface area contributed by atoms with Gasteiger partial charge in [0, 0.05) is 26.0 Å². The third kappa shape index (κ3) is 4.14. The number of carbonyl (C=O) groups excluding carboxylic acids is 2. The van der Waals surface area contributed by atoms with Gasteiger partial charge < -0.3 is 4.90 Å². The number of benzene rings is 1. The number of hydrogen-bond acceptors (Lipinski definition) is 3. The van der Waals surface area contributed by atoms with Gasteiger partial charge in [0.15, 0.2) is 5.78 Å². The molecule has 4 nitrogen and oxygen atoms in total. The summed E-state index contributed by atoms with van der Waals surface area (Å²) in [6.07, 6.45) is -0.301. The zero-order valence-electron chi connectivity index (χ0n) is 10.3. The molecule has 19 heavy (non-hydrogen) atoms. The summed E-state index contributed by atoms with van der Waals surface area (Å²) in [5.74, 6) is -2.66. The summed E-state index contributed by atoms with van der Waals surface area (Å²) in [4.78, 5) is 24.3. The number of amides is 1. The molecule has 0 aliphatic carbocycles. The van der Waals surface area contributed by atoms with E-state index in [0.717, 1.165) is 12.1 Å². The summed E-state index contributed by atoms with van der Waals surface area (Å²) in [6.45, 7) is -0.0715. The minimum absolute atomic E-state index is 0.0715. The normalized spacial score (nSPS) is 9.79. The van der Waals surface area contributed by atoms with Crippen LogP contribution in [0.15, 0.2) is 18.2 Å².